The molecule has 0 aromatic heterocycles. The second-order valence-electron chi connectivity index (χ2n) is 10.6. The fourth-order valence-electron chi connectivity index (χ4n) is 4.75. The summed E-state index contributed by atoms with van der Waals surface area (Å²) in [7, 11) is 0. The van der Waals surface area contributed by atoms with Crippen molar-refractivity contribution < 1.29 is 5.11 Å². The molecule has 1 unspecified atom stereocenters. The molecule has 1 saturated carbocycles. The maximum atomic E-state index is 9.87. The van der Waals surface area contributed by atoms with Crippen LogP contribution in [0.1, 0.15) is 51.2 Å². The number of rotatable bonds is 7. The summed E-state index contributed by atoms with van der Waals surface area (Å²) in [6.45, 7) is 13.1. The first-order chi connectivity index (χ1) is 16.8. The molecule has 1 aliphatic carbocycles. The predicted octanol–water partition coefficient (Wildman–Crippen LogP) is 7.07. The molecule has 35 heavy (non-hydrogen) atoms. The van der Waals surface area contributed by atoms with E-state index < -0.39 is 0 Å². The van der Waals surface area contributed by atoms with Gasteiger partial charge in [-0.3, -0.25) is 0 Å². The molecular formula is C34H40O. The third-order valence-corrected chi connectivity index (χ3v) is 6.64. The molecule has 2 aromatic rings. The lowest BCUT2D eigenvalue weighted by Crippen LogP contribution is -2.23. The number of aliphatic hydroxyl groups excluding tert-OH is 1. The Labute approximate surface area is 211 Å². The van der Waals surface area contributed by atoms with Crippen molar-refractivity contribution in [3.63, 3.8) is 0 Å². The van der Waals surface area contributed by atoms with Crippen LogP contribution in [0.5, 0.6) is 0 Å². The Kier molecular flexibility index (Phi) is 9.46. The van der Waals surface area contributed by atoms with E-state index in [1.807, 2.05) is 36.4 Å². The summed E-state index contributed by atoms with van der Waals surface area (Å²) in [5.74, 6) is 0.469. The van der Waals surface area contributed by atoms with E-state index in [4.69, 9.17) is 0 Å². The number of hydrogen-bond acceptors (Lipinski definition) is 1. The lowest BCUT2D eigenvalue weighted by Gasteiger charge is -2.36. The van der Waals surface area contributed by atoms with Crippen LogP contribution in [0.4, 0.5) is 0 Å². The lowest BCUT2D eigenvalue weighted by molar-refractivity contribution is 0.250. The minimum atomic E-state index is 0.0281. The molecule has 2 aromatic carbocycles. The fraction of sp³-hybridized carbons (Fsp3) is 0.294. The summed E-state index contributed by atoms with van der Waals surface area (Å²) in [5, 5.41) is 11.9. The summed E-state index contributed by atoms with van der Waals surface area (Å²) < 4.78 is 0. The molecule has 1 fully saturated rings. The minimum absolute atomic E-state index is 0.0281. The third-order valence-electron chi connectivity index (χ3n) is 6.64. The highest BCUT2D eigenvalue weighted by Gasteiger charge is 2.29. The van der Waals surface area contributed by atoms with Gasteiger partial charge in [0.1, 0.15) is 0 Å². The van der Waals surface area contributed by atoms with Crippen molar-refractivity contribution in [2.45, 2.75) is 47.0 Å². The SMILES string of the molecule is C=c1cccc/c1=C/C=C(/C=C/C1C/C(=C/C=C(C)\C=C/c2ccccc2C)CC(C)(C)C1)CO. The van der Waals surface area contributed by atoms with Gasteiger partial charge in [-0.05, 0) is 71.6 Å². The highest BCUT2D eigenvalue weighted by atomic mass is 16.3. The molecular weight excluding hydrogens is 424 g/mol. The van der Waals surface area contributed by atoms with Gasteiger partial charge in [0.2, 0.25) is 0 Å². The van der Waals surface area contributed by atoms with Crippen LogP contribution in [0.2, 0.25) is 0 Å². The maximum Gasteiger partial charge on any atom is 0.0681 e. The van der Waals surface area contributed by atoms with E-state index in [0.29, 0.717) is 5.92 Å². The Bertz CT molecular complexity index is 1260. The van der Waals surface area contributed by atoms with Gasteiger partial charge in [-0.2, -0.15) is 0 Å². The molecule has 0 bridgehead atoms. The van der Waals surface area contributed by atoms with Crippen LogP contribution in [0.25, 0.3) is 18.7 Å². The van der Waals surface area contributed by atoms with Crippen molar-refractivity contribution in [3.05, 3.63) is 123 Å². The summed E-state index contributed by atoms with van der Waals surface area (Å²) in [5.41, 5.74) is 6.48. The van der Waals surface area contributed by atoms with E-state index in [1.165, 1.54) is 22.3 Å². The highest BCUT2D eigenvalue weighted by Crippen LogP contribution is 2.42. The molecule has 0 radical (unpaired) electrons. The molecule has 1 atom stereocenters. The van der Waals surface area contributed by atoms with Gasteiger partial charge in [-0.15, -0.1) is 0 Å². The third kappa shape index (κ3) is 8.53. The van der Waals surface area contributed by atoms with Gasteiger partial charge in [0.15, 0.2) is 0 Å². The van der Waals surface area contributed by atoms with Crippen LogP contribution in [0, 0.1) is 18.3 Å². The molecule has 0 heterocycles. The molecule has 3 rings (SSSR count). The minimum Gasteiger partial charge on any atom is -0.392 e. The zero-order chi connectivity index (χ0) is 25.3. The zero-order valence-corrected chi connectivity index (χ0v) is 21.8. The first kappa shape index (κ1) is 26.4. The van der Waals surface area contributed by atoms with Crippen LogP contribution in [-0.2, 0) is 0 Å². The second-order valence-corrected chi connectivity index (χ2v) is 10.6. The molecule has 1 heteroatoms. The molecule has 0 saturated heterocycles. The Morgan fingerprint density at radius 2 is 1.77 bits per heavy atom. The number of hydrogen-bond donors (Lipinski definition) is 1. The normalized spacial score (nSPS) is 20.9. The second kappa shape index (κ2) is 12.5. The fourth-order valence-corrected chi connectivity index (χ4v) is 4.75. The van der Waals surface area contributed by atoms with Crippen molar-refractivity contribution in [1.29, 1.82) is 0 Å². The molecule has 1 N–H and O–H groups in total. The molecule has 1 aliphatic rings. The van der Waals surface area contributed by atoms with Crippen LogP contribution < -0.4 is 10.4 Å². The van der Waals surface area contributed by atoms with Crippen molar-refractivity contribution in [1.82, 2.24) is 0 Å². The average molecular weight is 465 g/mol. The summed E-state index contributed by atoms with van der Waals surface area (Å²) in [6.07, 6.45) is 20.7. The first-order valence-corrected chi connectivity index (χ1v) is 12.6. The molecule has 1 nitrogen and oxygen atoms in total. The molecule has 0 aliphatic heterocycles. The summed E-state index contributed by atoms with van der Waals surface area (Å²) >= 11 is 0. The maximum absolute atomic E-state index is 9.87. The Balaban J connectivity index is 1.72. The Morgan fingerprint density at radius 3 is 2.51 bits per heavy atom. The van der Waals surface area contributed by atoms with Gasteiger partial charge in [0.05, 0.1) is 6.61 Å². The topological polar surface area (TPSA) is 20.2 Å². The standard InChI is InChI=1S/C34H40O/c1-26(15-20-32-12-8-6-10-27(32)2)14-16-30-22-31(24-34(4,5)23-30)18-17-29(25-35)19-21-33-13-9-7-11-28(33)3/h6-21,31,35H,3,22-25H2,1-2,4-5H3/b18-17+,20-15-,26-14-,29-19-,30-16-,33-21-. The van der Waals surface area contributed by atoms with E-state index in [2.05, 4.69) is 95.0 Å². The van der Waals surface area contributed by atoms with E-state index in [1.54, 1.807) is 0 Å². The first-order valence-electron chi connectivity index (χ1n) is 12.6. The molecule has 182 valence electrons. The van der Waals surface area contributed by atoms with Crippen molar-refractivity contribution >= 4 is 18.7 Å². The summed E-state index contributed by atoms with van der Waals surface area (Å²) in [6, 6.07) is 16.5. The number of benzene rings is 2. The van der Waals surface area contributed by atoms with Gasteiger partial charge < -0.3 is 5.11 Å². The smallest absolute Gasteiger partial charge is 0.0681 e. The van der Waals surface area contributed by atoms with E-state index in [9.17, 15) is 5.11 Å². The highest BCUT2D eigenvalue weighted by molar-refractivity contribution is 5.56. The van der Waals surface area contributed by atoms with Crippen LogP contribution in [-0.4, -0.2) is 11.7 Å². The monoisotopic (exact) mass is 464 g/mol. The largest absolute Gasteiger partial charge is 0.392 e. The van der Waals surface area contributed by atoms with Gasteiger partial charge in [0, 0.05) is 0 Å². The number of allylic oxidation sites excluding steroid dienone is 7. The lowest BCUT2D eigenvalue weighted by atomic mass is 9.69. The Morgan fingerprint density at radius 1 is 1.03 bits per heavy atom. The summed E-state index contributed by atoms with van der Waals surface area (Å²) in [4.78, 5) is 0. The zero-order valence-electron chi connectivity index (χ0n) is 21.8. The predicted molar refractivity (Wildman–Crippen MR) is 153 cm³/mol. The average Bonchev–Trinajstić information content (AvgIpc) is 2.82. The molecule has 0 amide bonds. The van der Waals surface area contributed by atoms with Gasteiger partial charge in [0.25, 0.3) is 0 Å². The Hall–Kier alpha value is -3.16. The number of aliphatic hydroxyl groups is 1. The van der Waals surface area contributed by atoms with E-state index >= 15 is 0 Å². The van der Waals surface area contributed by atoms with Crippen LogP contribution >= 0.6 is 0 Å². The van der Waals surface area contributed by atoms with Crippen molar-refractivity contribution in [3.8, 4) is 0 Å². The van der Waals surface area contributed by atoms with E-state index in [0.717, 1.165) is 35.3 Å². The quantitative estimate of drug-likeness (QED) is 0.434. The van der Waals surface area contributed by atoms with Crippen molar-refractivity contribution in [2.75, 3.05) is 6.61 Å². The van der Waals surface area contributed by atoms with Crippen LogP contribution in [0.3, 0.4) is 0 Å². The van der Waals surface area contributed by atoms with E-state index in [-0.39, 0.29) is 12.0 Å². The van der Waals surface area contributed by atoms with Gasteiger partial charge in [-0.25, -0.2) is 0 Å². The van der Waals surface area contributed by atoms with Crippen molar-refractivity contribution in [2.24, 2.45) is 11.3 Å². The van der Waals surface area contributed by atoms with Crippen LogP contribution in [0.15, 0.2) is 102 Å². The van der Waals surface area contributed by atoms with Gasteiger partial charge in [-0.1, -0.05) is 129 Å². The molecule has 0 spiro atoms. The number of aryl methyl sites for hydroxylation is 1. The van der Waals surface area contributed by atoms with Gasteiger partial charge >= 0.3 is 0 Å².